The summed E-state index contributed by atoms with van der Waals surface area (Å²) in [7, 11) is 1.62. The molecular formula is C27H26N2O4. The number of rotatable bonds is 6. The molecule has 1 aliphatic carbocycles. The van der Waals surface area contributed by atoms with E-state index in [1.54, 1.807) is 13.1 Å². The van der Waals surface area contributed by atoms with Crippen molar-refractivity contribution in [3.8, 4) is 22.6 Å². The zero-order valence-electron chi connectivity index (χ0n) is 18.7. The average Bonchev–Trinajstić information content (AvgIpc) is 3.54. The fourth-order valence-electron chi connectivity index (χ4n) is 4.42. The highest BCUT2D eigenvalue weighted by Crippen LogP contribution is 2.51. The standard InChI is InChI=1S/C27H26N2O4/c1-3-17-7-9-21(15-22(17)18-5-4-6-19(13-18)25(30)28-2)29-26(31)27(11-12-27)20-8-10-23-24(14-20)33-16-32-23/h4-10,13-15H,3,11-12,16H2,1-2H3,(H,28,30)(H,29,31). The number of ether oxygens (including phenoxy) is 2. The van der Waals surface area contributed by atoms with Crippen molar-refractivity contribution in [1.29, 1.82) is 0 Å². The predicted octanol–water partition coefficient (Wildman–Crippen LogP) is 4.67. The number of amides is 2. The number of fused-ring (bicyclic) bond motifs is 1. The van der Waals surface area contributed by atoms with Crippen LogP contribution >= 0.6 is 0 Å². The van der Waals surface area contributed by atoms with Crippen LogP contribution in [0.4, 0.5) is 5.69 Å². The maximum atomic E-state index is 13.3. The van der Waals surface area contributed by atoms with Crippen LogP contribution in [-0.2, 0) is 16.6 Å². The van der Waals surface area contributed by atoms with E-state index in [1.165, 1.54) is 0 Å². The Labute approximate surface area is 192 Å². The van der Waals surface area contributed by atoms with Gasteiger partial charge in [0.2, 0.25) is 12.7 Å². The molecule has 0 aromatic heterocycles. The van der Waals surface area contributed by atoms with Gasteiger partial charge in [0, 0.05) is 18.3 Å². The van der Waals surface area contributed by atoms with E-state index in [-0.39, 0.29) is 18.6 Å². The van der Waals surface area contributed by atoms with Crippen molar-refractivity contribution in [2.45, 2.75) is 31.6 Å². The lowest BCUT2D eigenvalue weighted by Gasteiger charge is -2.18. The SMILES string of the molecule is CCc1ccc(NC(=O)C2(c3ccc4c(c3)OCO4)CC2)cc1-c1cccc(C(=O)NC)c1. The Morgan fingerprint density at radius 1 is 0.970 bits per heavy atom. The number of anilines is 1. The summed E-state index contributed by atoms with van der Waals surface area (Å²) in [6.07, 6.45) is 2.44. The highest BCUT2D eigenvalue weighted by atomic mass is 16.7. The van der Waals surface area contributed by atoms with Gasteiger partial charge in [-0.05, 0) is 77.9 Å². The van der Waals surface area contributed by atoms with Crippen LogP contribution in [-0.4, -0.2) is 25.7 Å². The molecule has 6 heteroatoms. The third kappa shape index (κ3) is 3.82. The van der Waals surface area contributed by atoms with Crippen LogP contribution in [0.2, 0.25) is 0 Å². The number of nitrogens with one attached hydrogen (secondary N) is 2. The molecule has 0 unspecified atom stereocenters. The van der Waals surface area contributed by atoms with Crippen LogP contribution < -0.4 is 20.1 Å². The molecule has 1 aliphatic heterocycles. The Kier molecular flexibility index (Phi) is 5.29. The Morgan fingerprint density at radius 3 is 2.55 bits per heavy atom. The molecule has 5 rings (SSSR count). The highest BCUT2D eigenvalue weighted by Gasteiger charge is 2.51. The molecular weight excluding hydrogens is 416 g/mol. The Bertz CT molecular complexity index is 1250. The summed E-state index contributed by atoms with van der Waals surface area (Å²) in [5.41, 5.74) is 4.86. The third-order valence-corrected chi connectivity index (χ3v) is 6.52. The molecule has 1 saturated carbocycles. The molecule has 0 saturated heterocycles. The summed E-state index contributed by atoms with van der Waals surface area (Å²) in [5, 5.41) is 5.80. The van der Waals surface area contributed by atoms with Crippen molar-refractivity contribution < 1.29 is 19.1 Å². The van der Waals surface area contributed by atoms with Gasteiger partial charge in [-0.3, -0.25) is 9.59 Å². The maximum absolute atomic E-state index is 13.3. The van der Waals surface area contributed by atoms with Crippen LogP contribution in [0.5, 0.6) is 11.5 Å². The zero-order valence-corrected chi connectivity index (χ0v) is 18.7. The van der Waals surface area contributed by atoms with Gasteiger partial charge in [0.1, 0.15) is 0 Å². The molecule has 2 N–H and O–H groups in total. The maximum Gasteiger partial charge on any atom is 0.251 e. The van der Waals surface area contributed by atoms with E-state index in [2.05, 4.69) is 17.6 Å². The minimum absolute atomic E-state index is 0.0179. The first-order valence-corrected chi connectivity index (χ1v) is 11.2. The number of benzene rings is 3. The van der Waals surface area contributed by atoms with Crippen molar-refractivity contribution in [3.63, 3.8) is 0 Å². The van der Waals surface area contributed by atoms with E-state index >= 15 is 0 Å². The van der Waals surface area contributed by atoms with Crippen molar-refractivity contribution >= 4 is 17.5 Å². The second kappa shape index (κ2) is 8.28. The van der Waals surface area contributed by atoms with Crippen molar-refractivity contribution in [2.75, 3.05) is 19.2 Å². The van der Waals surface area contributed by atoms with Gasteiger partial charge in [-0.15, -0.1) is 0 Å². The van der Waals surface area contributed by atoms with E-state index in [1.807, 2.05) is 54.6 Å². The van der Waals surface area contributed by atoms with E-state index < -0.39 is 5.41 Å². The lowest BCUT2D eigenvalue weighted by atomic mass is 9.93. The van der Waals surface area contributed by atoms with E-state index in [0.29, 0.717) is 17.1 Å². The monoisotopic (exact) mass is 442 g/mol. The van der Waals surface area contributed by atoms with Gasteiger partial charge in [0.15, 0.2) is 11.5 Å². The molecule has 0 bridgehead atoms. The van der Waals surface area contributed by atoms with Gasteiger partial charge in [-0.2, -0.15) is 0 Å². The normalized spacial score (nSPS) is 15.1. The molecule has 6 nitrogen and oxygen atoms in total. The summed E-state index contributed by atoms with van der Waals surface area (Å²) in [6, 6.07) is 19.3. The summed E-state index contributed by atoms with van der Waals surface area (Å²) < 4.78 is 10.9. The molecule has 0 atom stereocenters. The molecule has 33 heavy (non-hydrogen) atoms. The first-order chi connectivity index (χ1) is 16.0. The van der Waals surface area contributed by atoms with Gasteiger partial charge in [0.25, 0.3) is 5.91 Å². The smallest absolute Gasteiger partial charge is 0.251 e. The lowest BCUT2D eigenvalue weighted by molar-refractivity contribution is -0.118. The predicted molar refractivity (Wildman–Crippen MR) is 127 cm³/mol. The van der Waals surface area contributed by atoms with Crippen LogP contribution in [0.25, 0.3) is 11.1 Å². The quantitative estimate of drug-likeness (QED) is 0.581. The Hall–Kier alpha value is -3.80. The van der Waals surface area contributed by atoms with Gasteiger partial charge >= 0.3 is 0 Å². The highest BCUT2D eigenvalue weighted by molar-refractivity contribution is 6.02. The molecule has 1 fully saturated rings. The van der Waals surface area contributed by atoms with E-state index in [0.717, 1.165) is 47.2 Å². The van der Waals surface area contributed by atoms with Crippen LogP contribution in [0, 0.1) is 0 Å². The summed E-state index contributed by atoms with van der Waals surface area (Å²) >= 11 is 0. The molecule has 0 spiro atoms. The fourth-order valence-corrected chi connectivity index (χ4v) is 4.42. The number of aryl methyl sites for hydroxylation is 1. The Balaban J connectivity index is 1.43. The van der Waals surface area contributed by atoms with Crippen molar-refractivity contribution in [2.24, 2.45) is 0 Å². The third-order valence-electron chi connectivity index (χ3n) is 6.52. The summed E-state index contributed by atoms with van der Waals surface area (Å²) in [6.45, 7) is 2.31. The second-order valence-electron chi connectivity index (χ2n) is 8.49. The molecule has 3 aromatic rings. The number of carbonyl (C=O) groups is 2. The van der Waals surface area contributed by atoms with E-state index in [4.69, 9.17) is 9.47 Å². The summed E-state index contributed by atoms with van der Waals surface area (Å²) in [5.74, 6) is 1.26. The molecule has 0 radical (unpaired) electrons. The van der Waals surface area contributed by atoms with Crippen LogP contribution in [0.3, 0.4) is 0 Å². The minimum atomic E-state index is -0.538. The van der Waals surface area contributed by atoms with Gasteiger partial charge in [-0.1, -0.05) is 31.2 Å². The number of hydrogen-bond acceptors (Lipinski definition) is 4. The average molecular weight is 443 g/mol. The van der Waals surface area contributed by atoms with Gasteiger partial charge in [0.05, 0.1) is 5.41 Å². The van der Waals surface area contributed by atoms with Crippen LogP contribution in [0.15, 0.2) is 60.7 Å². The van der Waals surface area contributed by atoms with Gasteiger partial charge < -0.3 is 20.1 Å². The fraction of sp³-hybridized carbons (Fsp3) is 0.259. The van der Waals surface area contributed by atoms with Crippen molar-refractivity contribution in [1.82, 2.24) is 5.32 Å². The second-order valence-corrected chi connectivity index (χ2v) is 8.49. The molecule has 2 aliphatic rings. The largest absolute Gasteiger partial charge is 0.454 e. The molecule has 2 amide bonds. The van der Waals surface area contributed by atoms with E-state index in [9.17, 15) is 9.59 Å². The van der Waals surface area contributed by atoms with Crippen LogP contribution in [0.1, 0.15) is 41.3 Å². The topological polar surface area (TPSA) is 76.7 Å². The Morgan fingerprint density at radius 2 is 1.79 bits per heavy atom. The number of hydrogen-bond donors (Lipinski definition) is 2. The number of carbonyl (C=O) groups excluding carboxylic acids is 2. The first kappa shape index (κ1) is 21.1. The first-order valence-electron chi connectivity index (χ1n) is 11.2. The van der Waals surface area contributed by atoms with Gasteiger partial charge in [-0.25, -0.2) is 0 Å². The lowest BCUT2D eigenvalue weighted by Crippen LogP contribution is -2.27. The molecule has 1 heterocycles. The minimum Gasteiger partial charge on any atom is -0.454 e. The summed E-state index contributed by atoms with van der Waals surface area (Å²) in [4.78, 5) is 25.4. The molecule has 168 valence electrons. The van der Waals surface area contributed by atoms with Crippen molar-refractivity contribution in [3.05, 3.63) is 77.4 Å². The zero-order chi connectivity index (χ0) is 23.0. The molecule has 3 aromatic carbocycles.